The van der Waals surface area contributed by atoms with Gasteiger partial charge in [0.15, 0.2) is 0 Å². The fourth-order valence-corrected chi connectivity index (χ4v) is 1.86. The van der Waals surface area contributed by atoms with Crippen LogP contribution in [0.25, 0.3) is 0 Å². The van der Waals surface area contributed by atoms with Crippen molar-refractivity contribution < 1.29 is 9.53 Å². The third-order valence-electron chi connectivity index (χ3n) is 2.72. The molecular formula is C12H16N2O2. The molecule has 1 heterocycles. The van der Waals surface area contributed by atoms with E-state index in [-0.39, 0.29) is 17.9 Å². The van der Waals surface area contributed by atoms with Crippen LogP contribution in [0.2, 0.25) is 0 Å². The number of nitrogens with two attached hydrogens (primary N) is 1. The number of amides is 1. The Balaban J connectivity index is 1.97. The number of nitrogens with one attached hydrogen (secondary N) is 1. The maximum atomic E-state index is 11.8. The van der Waals surface area contributed by atoms with Crippen molar-refractivity contribution in [2.75, 3.05) is 17.7 Å². The van der Waals surface area contributed by atoms with Gasteiger partial charge in [0.2, 0.25) is 5.91 Å². The summed E-state index contributed by atoms with van der Waals surface area (Å²) in [5.74, 6) is -0.0358. The number of hydrogen-bond acceptors (Lipinski definition) is 3. The molecule has 2 rings (SSSR count). The Kier molecular flexibility index (Phi) is 3.10. The van der Waals surface area contributed by atoms with Gasteiger partial charge in [-0.05, 0) is 31.5 Å². The van der Waals surface area contributed by atoms with E-state index in [1.165, 1.54) is 0 Å². The van der Waals surface area contributed by atoms with Crippen LogP contribution in [0, 0.1) is 5.92 Å². The molecule has 1 aromatic rings. The number of benzene rings is 1. The smallest absolute Gasteiger partial charge is 0.229 e. The minimum atomic E-state index is -0.0450. The van der Waals surface area contributed by atoms with Gasteiger partial charge in [0, 0.05) is 11.4 Å². The Morgan fingerprint density at radius 2 is 2.38 bits per heavy atom. The first-order valence-electron chi connectivity index (χ1n) is 5.43. The Hall–Kier alpha value is -1.55. The first-order valence-corrected chi connectivity index (χ1v) is 5.43. The number of hydrogen-bond donors (Lipinski definition) is 2. The number of carbonyl (C=O) groups excluding carboxylic acids is 1. The fraction of sp³-hybridized carbons (Fsp3) is 0.417. The van der Waals surface area contributed by atoms with Crippen LogP contribution in [-0.4, -0.2) is 18.6 Å². The maximum Gasteiger partial charge on any atom is 0.229 e. The molecule has 2 unspecified atom stereocenters. The predicted molar refractivity (Wildman–Crippen MR) is 63.0 cm³/mol. The van der Waals surface area contributed by atoms with Gasteiger partial charge < -0.3 is 15.8 Å². The van der Waals surface area contributed by atoms with Crippen molar-refractivity contribution >= 4 is 17.3 Å². The lowest BCUT2D eigenvalue weighted by Gasteiger charge is -2.09. The van der Waals surface area contributed by atoms with Gasteiger partial charge in [0.25, 0.3) is 0 Å². The van der Waals surface area contributed by atoms with Crippen LogP contribution < -0.4 is 11.1 Å². The van der Waals surface area contributed by atoms with Crippen molar-refractivity contribution in [2.45, 2.75) is 19.4 Å². The van der Waals surface area contributed by atoms with Crippen LogP contribution in [0.5, 0.6) is 0 Å². The normalized spacial score (nSPS) is 24.3. The molecule has 1 aromatic carbocycles. The van der Waals surface area contributed by atoms with E-state index in [1.54, 1.807) is 12.1 Å². The third-order valence-corrected chi connectivity index (χ3v) is 2.72. The molecule has 1 aliphatic heterocycles. The van der Waals surface area contributed by atoms with E-state index in [0.717, 1.165) is 12.1 Å². The lowest BCUT2D eigenvalue weighted by atomic mass is 10.1. The monoisotopic (exact) mass is 220 g/mol. The van der Waals surface area contributed by atoms with Gasteiger partial charge in [-0.2, -0.15) is 0 Å². The predicted octanol–water partition coefficient (Wildman–Crippen LogP) is 1.63. The van der Waals surface area contributed by atoms with E-state index in [1.807, 2.05) is 19.1 Å². The average molecular weight is 220 g/mol. The summed E-state index contributed by atoms with van der Waals surface area (Å²) in [5.41, 5.74) is 7.02. The number of nitrogen functional groups attached to an aromatic ring is 1. The second-order valence-corrected chi connectivity index (χ2v) is 4.19. The lowest BCUT2D eigenvalue weighted by Crippen LogP contribution is -2.23. The highest BCUT2D eigenvalue weighted by Crippen LogP contribution is 2.21. The van der Waals surface area contributed by atoms with Crippen molar-refractivity contribution in [3.8, 4) is 0 Å². The van der Waals surface area contributed by atoms with Crippen LogP contribution in [0.1, 0.15) is 13.3 Å². The summed E-state index contributed by atoms with van der Waals surface area (Å²) >= 11 is 0. The fourth-order valence-electron chi connectivity index (χ4n) is 1.86. The van der Waals surface area contributed by atoms with Crippen LogP contribution >= 0.6 is 0 Å². The van der Waals surface area contributed by atoms with Crippen LogP contribution in [0.15, 0.2) is 24.3 Å². The largest absolute Gasteiger partial charge is 0.399 e. The van der Waals surface area contributed by atoms with E-state index in [0.29, 0.717) is 12.3 Å². The van der Waals surface area contributed by atoms with E-state index in [9.17, 15) is 4.79 Å². The Bertz CT molecular complexity index is 392. The van der Waals surface area contributed by atoms with Crippen molar-refractivity contribution in [3.63, 3.8) is 0 Å². The summed E-state index contributed by atoms with van der Waals surface area (Å²) < 4.78 is 5.36. The van der Waals surface area contributed by atoms with Gasteiger partial charge in [0.05, 0.1) is 18.6 Å². The van der Waals surface area contributed by atoms with Gasteiger partial charge in [-0.15, -0.1) is 0 Å². The maximum absolute atomic E-state index is 11.8. The van der Waals surface area contributed by atoms with Crippen molar-refractivity contribution in [3.05, 3.63) is 24.3 Å². The van der Waals surface area contributed by atoms with Gasteiger partial charge >= 0.3 is 0 Å². The molecule has 4 heteroatoms. The Morgan fingerprint density at radius 1 is 1.56 bits per heavy atom. The standard InChI is InChI=1S/C12H16N2O2/c1-8-5-9(7-16-8)12(15)14-11-4-2-3-10(13)6-11/h2-4,6,8-9H,5,7,13H2,1H3,(H,14,15). The van der Waals surface area contributed by atoms with Crippen LogP contribution in [0.4, 0.5) is 11.4 Å². The average Bonchev–Trinajstić information content (AvgIpc) is 2.65. The first-order chi connectivity index (χ1) is 7.65. The van der Waals surface area contributed by atoms with Crippen molar-refractivity contribution in [1.82, 2.24) is 0 Å². The zero-order chi connectivity index (χ0) is 11.5. The summed E-state index contributed by atoms with van der Waals surface area (Å²) in [6.45, 7) is 2.49. The molecule has 1 aliphatic rings. The molecular weight excluding hydrogens is 204 g/mol. The summed E-state index contributed by atoms with van der Waals surface area (Å²) in [6.07, 6.45) is 0.963. The molecule has 16 heavy (non-hydrogen) atoms. The summed E-state index contributed by atoms with van der Waals surface area (Å²) in [5, 5.41) is 2.85. The molecule has 0 aromatic heterocycles. The molecule has 86 valence electrons. The van der Waals surface area contributed by atoms with E-state index in [2.05, 4.69) is 5.32 Å². The third kappa shape index (κ3) is 2.52. The van der Waals surface area contributed by atoms with Gasteiger partial charge in [0.1, 0.15) is 0 Å². The highest BCUT2D eigenvalue weighted by molar-refractivity contribution is 5.93. The zero-order valence-electron chi connectivity index (χ0n) is 9.27. The number of anilines is 2. The zero-order valence-corrected chi connectivity index (χ0v) is 9.27. The molecule has 0 radical (unpaired) electrons. The topological polar surface area (TPSA) is 64.4 Å². The quantitative estimate of drug-likeness (QED) is 0.744. The molecule has 2 atom stereocenters. The molecule has 0 aliphatic carbocycles. The highest BCUT2D eigenvalue weighted by Gasteiger charge is 2.28. The van der Waals surface area contributed by atoms with Gasteiger partial charge in [-0.3, -0.25) is 4.79 Å². The number of rotatable bonds is 2. The summed E-state index contributed by atoms with van der Waals surface area (Å²) in [4.78, 5) is 11.8. The summed E-state index contributed by atoms with van der Waals surface area (Å²) in [6, 6.07) is 7.18. The van der Waals surface area contributed by atoms with Gasteiger partial charge in [-0.1, -0.05) is 6.07 Å². The molecule has 0 saturated carbocycles. The lowest BCUT2D eigenvalue weighted by molar-refractivity contribution is -0.119. The van der Waals surface area contributed by atoms with Gasteiger partial charge in [-0.25, -0.2) is 0 Å². The molecule has 1 fully saturated rings. The molecule has 4 nitrogen and oxygen atoms in total. The number of ether oxygens (including phenoxy) is 1. The summed E-state index contributed by atoms with van der Waals surface area (Å²) in [7, 11) is 0. The molecule has 1 amide bonds. The second kappa shape index (κ2) is 4.53. The van der Waals surface area contributed by atoms with E-state index >= 15 is 0 Å². The van der Waals surface area contributed by atoms with Crippen LogP contribution in [-0.2, 0) is 9.53 Å². The first kappa shape index (κ1) is 11.0. The Labute approximate surface area is 94.8 Å². The second-order valence-electron chi connectivity index (χ2n) is 4.19. The van der Waals surface area contributed by atoms with E-state index in [4.69, 9.17) is 10.5 Å². The molecule has 0 spiro atoms. The number of carbonyl (C=O) groups is 1. The minimum absolute atomic E-state index is 0.00921. The molecule has 3 N–H and O–H groups in total. The molecule has 0 bridgehead atoms. The highest BCUT2D eigenvalue weighted by atomic mass is 16.5. The Morgan fingerprint density at radius 3 is 3.00 bits per heavy atom. The SMILES string of the molecule is CC1CC(C(=O)Nc2cccc(N)c2)CO1. The molecule has 1 saturated heterocycles. The minimum Gasteiger partial charge on any atom is -0.399 e. The van der Waals surface area contributed by atoms with E-state index < -0.39 is 0 Å². The van der Waals surface area contributed by atoms with Crippen molar-refractivity contribution in [1.29, 1.82) is 0 Å². The van der Waals surface area contributed by atoms with Crippen LogP contribution in [0.3, 0.4) is 0 Å². The van der Waals surface area contributed by atoms with Crippen molar-refractivity contribution in [2.24, 2.45) is 5.92 Å².